The quantitative estimate of drug-likeness (QED) is 0.508. The number of aromatic nitrogens is 3. The third-order valence-corrected chi connectivity index (χ3v) is 8.30. The lowest BCUT2D eigenvalue weighted by Gasteiger charge is -2.32. The minimum absolute atomic E-state index is 0.168. The summed E-state index contributed by atoms with van der Waals surface area (Å²) in [6, 6.07) is 13.4. The molecule has 2 fully saturated rings. The number of piperidine rings is 1. The highest BCUT2D eigenvalue weighted by molar-refractivity contribution is 5.86. The van der Waals surface area contributed by atoms with Crippen molar-refractivity contribution in [3.63, 3.8) is 0 Å². The summed E-state index contributed by atoms with van der Waals surface area (Å²) >= 11 is 0. The number of benzene rings is 1. The van der Waals surface area contributed by atoms with Crippen LogP contribution in [0.2, 0.25) is 0 Å². The van der Waals surface area contributed by atoms with Crippen molar-refractivity contribution in [1.29, 1.82) is 5.26 Å². The minimum atomic E-state index is -0.258. The first-order valence-corrected chi connectivity index (χ1v) is 13.7. The summed E-state index contributed by atoms with van der Waals surface area (Å²) in [5.74, 6) is 0.716. The summed E-state index contributed by atoms with van der Waals surface area (Å²) in [5, 5.41) is 14.8. The third kappa shape index (κ3) is 5.04. The molecule has 2 unspecified atom stereocenters. The van der Waals surface area contributed by atoms with Gasteiger partial charge in [-0.05, 0) is 57.3 Å². The zero-order valence-corrected chi connectivity index (χ0v) is 21.9. The Balaban J connectivity index is 1.33. The van der Waals surface area contributed by atoms with Crippen molar-refractivity contribution in [2.24, 2.45) is 0 Å². The molecule has 4 atom stereocenters. The van der Waals surface area contributed by atoms with Crippen LogP contribution < -0.4 is 15.8 Å². The number of likely N-dealkylation sites (tertiary alicyclic amines) is 1. The summed E-state index contributed by atoms with van der Waals surface area (Å²) < 4.78 is 12.7. The molecule has 0 spiro atoms. The number of rotatable bonds is 6. The summed E-state index contributed by atoms with van der Waals surface area (Å²) in [7, 11) is 2.15. The van der Waals surface area contributed by atoms with E-state index in [0.717, 1.165) is 65.8 Å². The van der Waals surface area contributed by atoms with Crippen molar-refractivity contribution in [1.82, 2.24) is 25.2 Å². The Morgan fingerprint density at radius 1 is 1.21 bits per heavy atom. The number of nitriles is 1. The Morgan fingerprint density at radius 3 is 2.95 bits per heavy atom. The number of anilines is 1. The molecule has 3 aromatic rings. The van der Waals surface area contributed by atoms with Gasteiger partial charge in [0.2, 0.25) is 0 Å². The van der Waals surface area contributed by atoms with Gasteiger partial charge in [0.25, 0.3) is 0 Å². The molecule has 0 radical (unpaired) electrons. The van der Waals surface area contributed by atoms with Gasteiger partial charge in [-0.25, -0.2) is 4.98 Å². The van der Waals surface area contributed by atoms with Crippen LogP contribution in [0.15, 0.2) is 30.3 Å². The van der Waals surface area contributed by atoms with Crippen LogP contribution in [0.4, 0.5) is 5.82 Å². The zero-order valence-electron chi connectivity index (χ0n) is 21.9. The van der Waals surface area contributed by atoms with Crippen molar-refractivity contribution in [3.8, 4) is 12.1 Å². The maximum atomic E-state index is 9.26. The predicted molar refractivity (Wildman–Crippen MR) is 145 cm³/mol. The van der Waals surface area contributed by atoms with Gasteiger partial charge < -0.3 is 25.4 Å². The van der Waals surface area contributed by atoms with Crippen LogP contribution in [0.3, 0.4) is 0 Å². The first-order valence-electron chi connectivity index (χ1n) is 13.7. The van der Waals surface area contributed by atoms with Crippen molar-refractivity contribution in [2.75, 3.05) is 32.5 Å². The summed E-state index contributed by atoms with van der Waals surface area (Å²) in [6.45, 7) is 2.96. The molecule has 38 heavy (non-hydrogen) atoms. The van der Waals surface area contributed by atoms with Crippen LogP contribution in [0.1, 0.15) is 66.8 Å². The number of hydrogen-bond donors (Lipinski definition) is 2. The van der Waals surface area contributed by atoms with E-state index in [1.165, 1.54) is 6.42 Å². The van der Waals surface area contributed by atoms with Gasteiger partial charge in [-0.1, -0.05) is 24.3 Å². The lowest BCUT2D eigenvalue weighted by molar-refractivity contribution is 0.0227. The molecule has 198 valence electrons. The van der Waals surface area contributed by atoms with Crippen molar-refractivity contribution in [2.45, 2.75) is 69.2 Å². The second-order valence-electron chi connectivity index (χ2n) is 10.8. The van der Waals surface area contributed by atoms with Gasteiger partial charge in [-0.15, -0.1) is 0 Å². The van der Waals surface area contributed by atoms with E-state index < -0.39 is 0 Å². The normalized spacial score (nSPS) is 25.7. The molecular formula is C29H35N7O2. The second kappa shape index (κ2) is 10.8. The lowest BCUT2D eigenvalue weighted by atomic mass is 9.85. The Kier molecular flexibility index (Phi) is 7.11. The van der Waals surface area contributed by atoms with Gasteiger partial charge in [0, 0.05) is 35.4 Å². The van der Waals surface area contributed by atoms with Crippen LogP contribution in [0.25, 0.3) is 10.8 Å². The van der Waals surface area contributed by atoms with Gasteiger partial charge in [0.1, 0.15) is 18.5 Å². The highest BCUT2D eigenvalue weighted by Crippen LogP contribution is 2.38. The first-order chi connectivity index (χ1) is 18.6. The molecule has 2 aromatic heterocycles. The largest absolute Gasteiger partial charge is 0.462 e. The van der Waals surface area contributed by atoms with Crippen LogP contribution in [-0.2, 0) is 17.8 Å². The molecular weight excluding hydrogens is 478 g/mol. The molecule has 0 aliphatic carbocycles. The van der Waals surface area contributed by atoms with Gasteiger partial charge in [-0.3, -0.25) is 0 Å². The van der Waals surface area contributed by atoms with Crippen LogP contribution in [0.5, 0.6) is 6.01 Å². The fourth-order valence-electron chi connectivity index (χ4n) is 6.22. The minimum Gasteiger partial charge on any atom is -0.462 e. The number of hydrogen-bond acceptors (Lipinski definition) is 9. The molecule has 5 heterocycles. The summed E-state index contributed by atoms with van der Waals surface area (Å²) in [6.07, 6.45) is 4.96. The fourth-order valence-corrected chi connectivity index (χ4v) is 6.22. The molecule has 3 aliphatic rings. The number of ether oxygens (including phenoxy) is 2. The number of pyridine rings is 1. The van der Waals surface area contributed by atoms with Gasteiger partial charge >= 0.3 is 6.01 Å². The smallest absolute Gasteiger partial charge is 0.316 e. The van der Waals surface area contributed by atoms with E-state index in [1.807, 2.05) is 18.2 Å². The van der Waals surface area contributed by atoms with E-state index >= 15 is 0 Å². The Bertz CT molecular complexity index is 1360. The standard InChI is InChI=1S/C29H35N7O2/c1-36-12-4-6-21(36)16-38-29-33-24-15-25(28-22-7-3-2-5-18(22)14-26(31)34-28)37-17-23(24)27(35-29)19-9-11-32-20(13-19)8-10-30/h2-3,5,7,14,19-21,25,32H,4,6,8-9,11-13,15-17H2,1H3,(H2,31,34)/t19?,20-,21-,25?/m0/s1. The molecule has 9 heteroatoms. The summed E-state index contributed by atoms with van der Waals surface area (Å²) in [5.41, 5.74) is 10.1. The zero-order chi connectivity index (χ0) is 26.1. The summed E-state index contributed by atoms with van der Waals surface area (Å²) in [4.78, 5) is 16.9. The third-order valence-electron chi connectivity index (χ3n) is 8.30. The Morgan fingerprint density at radius 2 is 2.11 bits per heavy atom. The predicted octanol–water partition coefficient (Wildman–Crippen LogP) is 3.64. The van der Waals surface area contributed by atoms with E-state index in [1.54, 1.807) is 0 Å². The molecule has 3 aliphatic heterocycles. The number of nitrogens with zero attached hydrogens (tertiary/aromatic N) is 5. The number of nitrogens with one attached hydrogen (secondary N) is 1. The van der Waals surface area contributed by atoms with E-state index in [4.69, 9.17) is 30.2 Å². The number of nitrogens with two attached hydrogens (primary N) is 1. The van der Waals surface area contributed by atoms with Crippen molar-refractivity contribution < 1.29 is 9.47 Å². The average Bonchev–Trinajstić information content (AvgIpc) is 3.35. The Labute approximate surface area is 223 Å². The number of fused-ring (bicyclic) bond motifs is 2. The maximum Gasteiger partial charge on any atom is 0.316 e. The lowest BCUT2D eigenvalue weighted by Crippen LogP contribution is -2.38. The average molecular weight is 514 g/mol. The van der Waals surface area contributed by atoms with Crippen molar-refractivity contribution >= 4 is 16.6 Å². The van der Waals surface area contributed by atoms with Crippen LogP contribution in [0, 0.1) is 11.3 Å². The highest BCUT2D eigenvalue weighted by atomic mass is 16.5. The molecule has 0 bridgehead atoms. The van der Waals surface area contributed by atoms with Crippen molar-refractivity contribution in [3.05, 3.63) is 53.0 Å². The maximum absolute atomic E-state index is 9.26. The Hall–Kier alpha value is -3.32. The number of nitrogen functional groups attached to an aromatic ring is 1. The molecule has 0 saturated carbocycles. The number of likely N-dealkylation sites (N-methyl/N-ethyl adjacent to an activating group) is 1. The van der Waals surface area contributed by atoms with Crippen LogP contribution in [-0.4, -0.2) is 58.7 Å². The van der Waals surface area contributed by atoms with Crippen LogP contribution >= 0.6 is 0 Å². The van der Waals surface area contributed by atoms with E-state index in [2.05, 4.69) is 35.5 Å². The second-order valence-corrected chi connectivity index (χ2v) is 10.8. The fraction of sp³-hybridized carbons (Fsp3) is 0.517. The van der Waals surface area contributed by atoms with E-state index in [9.17, 15) is 5.26 Å². The topological polar surface area (TPSA) is 122 Å². The molecule has 6 rings (SSSR count). The molecule has 2 saturated heterocycles. The molecule has 0 amide bonds. The van der Waals surface area contributed by atoms with E-state index in [-0.39, 0.29) is 18.1 Å². The van der Waals surface area contributed by atoms with E-state index in [0.29, 0.717) is 43.9 Å². The SMILES string of the molecule is CN1CCC[C@H]1COc1nc2c(c(C3CCN[C@@H](CC#N)C3)n1)COC(c1nc(N)cc3ccccc13)C2. The first kappa shape index (κ1) is 25.0. The van der Waals surface area contributed by atoms with Gasteiger partial charge in [0.15, 0.2) is 0 Å². The molecule has 1 aromatic carbocycles. The molecule has 3 N–H and O–H groups in total. The molecule has 9 nitrogen and oxygen atoms in total. The van der Waals surface area contributed by atoms with Gasteiger partial charge in [0.05, 0.1) is 36.2 Å². The van der Waals surface area contributed by atoms with Gasteiger partial charge in [-0.2, -0.15) is 15.2 Å². The highest BCUT2D eigenvalue weighted by Gasteiger charge is 2.33. The monoisotopic (exact) mass is 513 g/mol.